The Morgan fingerprint density at radius 2 is 1.92 bits per heavy atom. The fourth-order valence-electron chi connectivity index (χ4n) is 2.27. The van der Waals surface area contributed by atoms with Gasteiger partial charge in [-0.1, -0.05) is 5.16 Å². The highest BCUT2D eigenvalue weighted by molar-refractivity contribution is 5.99. The molecule has 0 atom stereocenters. The monoisotopic (exact) mass is 349 g/mol. The first-order valence-electron chi connectivity index (χ1n) is 7.60. The van der Waals surface area contributed by atoms with E-state index >= 15 is 0 Å². The van der Waals surface area contributed by atoms with Crippen molar-refractivity contribution in [1.82, 2.24) is 10.1 Å². The van der Waals surface area contributed by atoms with Crippen LogP contribution in [0, 0.1) is 20.8 Å². The Kier molecular flexibility index (Phi) is 5.58. The van der Waals surface area contributed by atoms with Crippen molar-refractivity contribution in [3.8, 4) is 0 Å². The van der Waals surface area contributed by atoms with E-state index in [2.05, 4.69) is 15.5 Å². The average molecular weight is 349 g/mol. The van der Waals surface area contributed by atoms with Gasteiger partial charge in [-0.15, -0.1) is 0 Å². The summed E-state index contributed by atoms with van der Waals surface area (Å²) in [4.78, 5) is 38.6. The molecule has 0 aliphatic rings. The second kappa shape index (κ2) is 7.65. The van der Waals surface area contributed by atoms with Gasteiger partial charge in [-0.25, -0.2) is 9.59 Å². The van der Waals surface area contributed by atoms with Crippen LogP contribution in [0.2, 0.25) is 0 Å². The van der Waals surface area contributed by atoms with Crippen LogP contribution >= 0.6 is 0 Å². The van der Waals surface area contributed by atoms with Crippen LogP contribution in [0.4, 0.5) is 5.82 Å². The van der Waals surface area contributed by atoms with Crippen molar-refractivity contribution in [2.24, 2.45) is 0 Å². The highest BCUT2D eigenvalue weighted by atomic mass is 16.5. The van der Waals surface area contributed by atoms with E-state index in [4.69, 9.17) is 14.0 Å². The third kappa shape index (κ3) is 4.25. The zero-order chi connectivity index (χ0) is 18.6. The summed E-state index contributed by atoms with van der Waals surface area (Å²) in [6.07, 6.45) is 0. The summed E-state index contributed by atoms with van der Waals surface area (Å²) in [6.45, 7) is 6.35. The number of H-pyrrole nitrogens is 1. The Morgan fingerprint density at radius 3 is 2.52 bits per heavy atom. The number of nitrogens with one attached hydrogen (secondary N) is 2. The lowest BCUT2D eigenvalue weighted by Gasteiger charge is -2.05. The molecule has 0 bridgehead atoms. The first kappa shape index (κ1) is 18.2. The number of nitrogens with zero attached hydrogens (tertiary/aromatic N) is 1. The van der Waals surface area contributed by atoms with E-state index < -0.39 is 24.5 Å². The minimum absolute atomic E-state index is 0.102. The van der Waals surface area contributed by atoms with Crippen LogP contribution in [0.5, 0.6) is 0 Å². The van der Waals surface area contributed by atoms with Crippen molar-refractivity contribution < 1.29 is 28.4 Å². The van der Waals surface area contributed by atoms with Crippen LogP contribution < -0.4 is 5.32 Å². The van der Waals surface area contributed by atoms with E-state index in [0.717, 1.165) is 0 Å². The van der Waals surface area contributed by atoms with E-state index in [0.29, 0.717) is 17.0 Å². The highest BCUT2D eigenvalue weighted by Crippen LogP contribution is 2.19. The molecule has 25 heavy (non-hydrogen) atoms. The molecule has 2 heterocycles. The summed E-state index contributed by atoms with van der Waals surface area (Å²) < 4.78 is 14.7. The maximum absolute atomic E-state index is 12.2. The van der Waals surface area contributed by atoms with Gasteiger partial charge in [0.2, 0.25) is 0 Å². The second-order valence-electron chi connectivity index (χ2n) is 5.29. The molecule has 134 valence electrons. The van der Waals surface area contributed by atoms with E-state index in [1.54, 1.807) is 27.7 Å². The van der Waals surface area contributed by atoms with Crippen molar-refractivity contribution in [3.63, 3.8) is 0 Å². The Hall–Kier alpha value is -3.10. The number of hydrogen-bond donors (Lipinski definition) is 2. The van der Waals surface area contributed by atoms with Gasteiger partial charge < -0.3 is 24.3 Å². The number of anilines is 1. The number of aromatic nitrogens is 2. The summed E-state index contributed by atoms with van der Waals surface area (Å²) in [5.41, 5.74) is 1.29. The SMILES string of the molecule is CCOC(=O)c1c(C)[nH]c(C(=O)OCC(=O)Nc2cc(C)on2)c1C. The van der Waals surface area contributed by atoms with E-state index in [9.17, 15) is 14.4 Å². The predicted molar refractivity (Wildman–Crippen MR) is 86.4 cm³/mol. The molecule has 0 aromatic carbocycles. The summed E-state index contributed by atoms with van der Waals surface area (Å²) in [6, 6.07) is 1.53. The Balaban J connectivity index is 2.00. The van der Waals surface area contributed by atoms with Crippen LogP contribution in [0.3, 0.4) is 0 Å². The van der Waals surface area contributed by atoms with Gasteiger partial charge >= 0.3 is 11.9 Å². The summed E-state index contributed by atoms with van der Waals surface area (Å²) in [5.74, 6) is -1.06. The van der Waals surface area contributed by atoms with Gasteiger partial charge in [0.1, 0.15) is 11.5 Å². The summed E-state index contributed by atoms with van der Waals surface area (Å²) in [5, 5.41) is 6.03. The molecule has 1 amide bonds. The zero-order valence-electron chi connectivity index (χ0n) is 14.4. The van der Waals surface area contributed by atoms with Crippen LogP contribution in [0.1, 0.15) is 44.8 Å². The molecule has 0 unspecified atom stereocenters. The van der Waals surface area contributed by atoms with Gasteiger partial charge in [0, 0.05) is 11.8 Å². The number of esters is 2. The molecule has 0 saturated heterocycles. The lowest BCUT2D eigenvalue weighted by molar-refractivity contribution is -0.119. The third-order valence-corrected chi connectivity index (χ3v) is 3.35. The predicted octanol–water partition coefficient (Wildman–Crippen LogP) is 1.90. The maximum atomic E-state index is 12.2. The third-order valence-electron chi connectivity index (χ3n) is 3.35. The van der Waals surface area contributed by atoms with Gasteiger partial charge in [0.25, 0.3) is 5.91 Å². The van der Waals surface area contributed by atoms with Crippen LogP contribution in [0.15, 0.2) is 10.6 Å². The number of carbonyl (C=O) groups excluding carboxylic acids is 3. The molecule has 0 aliphatic carbocycles. The molecule has 9 nitrogen and oxygen atoms in total. The molecule has 2 N–H and O–H groups in total. The zero-order valence-corrected chi connectivity index (χ0v) is 14.4. The Labute approximate surface area is 143 Å². The average Bonchev–Trinajstić information content (AvgIpc) is 3.08. The smallest absolute Gasteiger partial charge is 0.355 e. The molecule has 0 fully saturated rings. The van der Waals surface area contributed by atoms with Gasteiger partial charge in [-0.2, -0.15) is 0 Å². The highest BCUT2D eigenvalue weighted by Gasteiger charge is 2.24. The van der Waals surface area contributed by atoms with Crippen molar-refractivity contribution >= 4 is 23.7 Å². The Morgan fingerprint density at radius 1 is 1.20 bits per heavy atom. The Bertz CT molecular complexity index is 805. The number of rotatable bonds is 6. The molecule has 0 radical (unpaired) electrons. The van der Waals surface area contributed by atoms with Crippen molar-refractivity contribution in [1.29, 1.82) is 0 Å². The standard InChI is InChI=1S/C16H19N3O6/c1-5-23-15(21)13-9(3)14(17-10(13)4)16(22)24-7-12(20)18-11-6-8(2)25-19-11/h6,17H,5,7H2,1-4H3,(H,18,19,20). The molecule has 9 heteroatoms. The molecule has 2 rings (SSSR count). The minimum atomic E-state index is -0.748. The van der Waals surface area contributed by atoms with Gasteiger partial charge in [-0.05, 0) is 33.3 Å². The molecule has 2 aromatic heterocycles. The number of hydrogen-bond acceptors (Lipinski definition) is 7. The summed E-state index contributed by atoms with van der Waals surface area (Å²) >= 11 is 0. The van der Waals surface area contributed by atoms with Gasteiger partial charge in [-0.3, -0.25) is 4.79 Å². The lowest BCUT2D eigenvalue weighted by Crippen LogP contribution is -2.21. The van der Waals surface area contributed by atoms with Crippen LogP contribution in [-0.2, 0) is 14.3 Å². The first-order chi connectivity index (χ1) is 11.8. The van der Waals surface area contributed by atoms with Crippen molar-refractivity contribution in [3.05, 3.63) is 34.3 Å². The first-order valence-corrected chi connectivity index (χ1v) is 7.60. The van der Waals surface area contributed by atoms with Crippen LogP contribution in [-0.4, -0.2) is 41.2 Å². The van der Waals surface area contributed by atoms with E-state index in [-0.39, 0.29) is 23.7 Å². The second-order valence-corrected chi connectivity index (χ2v) is 5.29. The molecular weight excluding hydrogens is 330 g/mol. The topological polar surface area (TPSA) is 124 Å². The van der Waals surface area contributed by atoms with E-state index in [1.165, 1.54) is 6.07 Å². The van der Waals surface area contributed by atoms with Crippen molar-refractivity contribution in [2.75, 3.05) is 18.5 Å². The molecule has 0 aliphatic heterocycles. The molecule has 0 spiro atoms. The number of aromatic amines is 1. The fourth-order valence-corrected chi connectivity index (χ4v) is 2.27. The lowest BCUT2D eigenvalue weighted by atomic mass is 10.1. The molecule has 2 aromatic rings. The minimum Gasteiger partial charge on any atom is -0.462 e. The number of amides is 1. The van der Waals surface area contributed by atoms with Crippen molar-refractivity contribution in [2.45, 2.75) is 27.7 Å². The molecular formula is C16H19N3O6. The maximum Gasteiger partial charge on any atom is 0.355 e. The summed E-state index contributed by atoms with van der Waals surface area (Å²) in [7, 11) is 0. The number of carbonyl (C=O) groups is 3. The normalized spacial score (nSPS) is 10.4. The van der Waals surface area contributed by atoms with Gasteiger partial charge in [0.15, 0.2) is 12.4 Å². The fraction of sp³-hybridized carbons (Fsp3) is 0.375. The molecule has 0 saturated carbocycles. The van der Waals surface area contributed by atoms with Gasteiger partial charge in [0.05, 0.1) is 12.2 Å². The van der Waals surface area contributed by atoms with Crippen LogP contribution in [0.25, 0.3) is 0 Å². The quantitative estimate of drug-likeness (QED) is 0.763. The van der Waals surface area contributed by atoms with E-state index in [1.807, 2.05) is 0 Å². The number of aryl methyl sites for hydroxylation is 2. The largest absolute Gasteiger partial charge is 0.462 e. The number of ether oxygens (including phenoxy) is 2.